The van der Waals surface area contributed by atoms with Crippen molar-refractivity contribution in [2.75, 3.05) is 24.3 Å². The fourth-order valence-electron chi connectivity index (χ4n) is 3.57. The van der Waals surface area contributed by atoms with Crippen molar-refractivity contribution in [3.05, 3.63) is 18.2 Å². The molecule has 2 fully saturated rings. The molecule has 1 aromatic rings. The number of rotatable bonds is 8. The second-order valence-electron chi connectivity index (χ2n) is 6.99. The highest BCUT2D eigenvalue weighted by atomic mass is 32.2. The smallest absolute Gasteiger partial charge is 0.240 e. The number of imide groups is 1. The van der Waals surface area contributed by atoms with Gasteiger partial charge in [0.25, 0.3) is 0 Å². The number of ether oxygens (including phenoxy) is 1. The van der Waals surface area contributed by atoms with Crippen LogP contribution in [0.1, 0.15) is 44.9 Å². The van der Waals surface area contributed by atoms with E-state index >= 15 is 0 Å². The number of hydrogen-bond donors (Lipinski definition) is 1. The van der Waals surface area contributed by atoms with E-state index < -0.39 is 10.0 Å². The van der Waals surface area contributed by atoms with Gasteiger partial charge in [0.05, 0.1) is 17.7 Å². The summed E-state index contributed by atoms with van der Waals surface area (Å²) < 4.78 is 33.2. The lowest BCUT2D eigenvalue weighted by molar-refractivity contribution is -0.121. The van der Waals surface area contributed by atoms with E-state index in [1.54, 1.807) is 0 Å². The summed E-state index contributed by atoms with van der Waals surface area (Å²) >= 11 is 1.82. The van der Waals surface area contributed by atoms with E-state index in [0.717, 1.165) is 10.7 Å². The Morgan fingerprint density at radius 3 is 2.46 bits per heavy atom. The fraction of sp³-hybridized carbons (Fsp3) is 0.579. The van der Waals surface area contributed by atoms with E-state index in [-0.39, 0.29) is 41.0 Å². The third kappa shape index (κ3) is 4.87. The predicted octanol–water partition coefficient (Wildman–Crippen LogP) is 2.69. The summed E-state index contributed by atoms with van der Waals surface area (Å²) in [5, 5.41) is 0.623. The van der Waals surface area contributed by atoms with E-state index in [9.17, 15) is 18.0 Å². The molecule has 3 rings (SSSR count). The Labute approximate surface area is 170 Å². The molecule has 1 aromatic carbocycles. The monoisotopic (exact) mass is 426 g/mol. The molecule has 1 N–H and O–H groups in total. The van der Waals surface area contributed by atoms with Crippen molar-refractivity contribution < 1.29 is 22.7 Å². The Morgan fingerprint density at radius 1 is 1.14 bits per heavy atom. The SMILES string of the molecule is COc1ccc(S(=O)(=O)NCCSC2CCCCC2)cc1N1C(=O)CCC1=O. The largest absolute Gasteiger partial charge is 0.495 e. The van der Waals surface area contributed by atoms with Crippen LogP contribution in [-0.2, 0) is 19.6 Å². The van der Waals surface area contributed by atoms with Crippen LogP contribution in [0, 0.1) is 0 Å². The van der Waals surface area contributed by atoms with Crippen molar-refractivity contribution in [2.45, 2.75) is 55.1 Å². The Kier molecular flexibility index (Phi) is 7.00. The molecular weight excluding hydrogens is 400 g/mol. The third-order valence-corrected chi connectivity index (χ3v) is 7.89. The number of thioether (sulfide) groups is 1. The first kappa shape index (κ1) is 21.1. The van der Waals surface area contributed by atoms with Crippen LogP contribution in [0.15, 0.2) is 23.1 Å². The number of carbonyl (C=O) groups is 2. The van der Waals surface area contributed by atoms with Crippen LogP contribution in [0.5, 0.6) is 5.75 Å². The summed E-state index contributed by atoms with van der Waals surface area (Å²) in [5.41, 5.74) is 0.175. The average molecular weight is 427 g/mol. The summed E-state index contributed by atoms with van der Waals surface area (Å²) in [4.78, 5) is 25.1. The minimum Gasteiger partial charge on any atom is -0.495 e. The second kappa shape index (κ2) is 9.28. The quantitative estimate of drug-likeness (QED) is 0.507. The molecule has 0 radical (unpaired) electrons. The van der Waals surface area contributed by atoms with Crippen molar-refractivity contribution in [2.24, 2.45) is 0 Å². The van der Waals surface area contributed by atoms with Crippen molar-refractivity contribution in [1.82, 2.24) is 4.72 Å². The Hall–Kier alpha value is -1.58. The average Bonchev–Trinajstić information content (AvgIpc) is 3.03. The predicted molar refractivity (Wildman–Crippen MR) is 109 cm³/mol. The number of benzene rings is 1. The highest BCUT2D eigenvalue weighted by Crippen LogP contribution is 2.34. The van der Waals surface area contributed by atoms with E-state index in [1.807, 2.05) is 11.8 Å². The lowest BCUT2D eigenvalue weighted by Gasteiger charge is -2.21. The number of nitrogens with zero attached hydrogens (tertiary/aromatic N) is 1. The number of anilines is 1. The lowest BCUT2D eigenvalue weighted by Crippen LogP contribution is -2.30. The van der Waals surface area contributed by atoms with Crippen molar-refractivity contribution in [3.63, 3.8) is 0 Å². The number of hydrogen-bond acceptors (Lipinski definition) is 6. The van der Waals surface area contributed by atoms with Crippen LogP contribution in [0.3, 0.4) is 0 Å². The number of amides is 2. The first-order chi connectivity index (χ1) is 13.4. The van der Waals surface area contributed by atoms with Gasteiger partial charge in [-0.1, -0.05) is 19.3 Å². The minimum absolute atomic E-state index is 0.0125. The molecule has 154 valence electrons. The molecule has 1 saturated heterocycles. The first-order valence-electron chi connectivity index (χ1n) is 9.57. The molecule has 0 bridgehead atoms. The van der Waals surface area contributed by atoms with Crippen molar-refractivity contribution in [3.8, 4) is 5.75 Å². The van der Waals surface area contributed by atoms with Gasteiger partial charge in [0.15, 0.2) is 0 Å². The zero-order chi connectivity index (χ0) is 20.1. The van der Waals surface area contributed by atoms with Crippen molar-refractivity contribution >= 4 is 39.3 Å². The van der Waals surface area contributed by atoms with Crippen LogP contribution >= 0.6 is 11.8 Å². The molecule has 2 amide bonds. The maximum Gasteiger partial charge on any atom is 0.240 e. The van der Waals surface area contributed by atoms with Gasteiger partial charge in [-0.2, -0.15) is 11.8 Å². The van der Waals surface area contributed by atoms with Gasteiger partial charge >= 0.3 is 0 Å². The topological polar surface area (TPSA) is 92.8 Å². The Balaban J connectivity index is 1.68. The summed E-state index contributed by atoms with van der Waals surface area (Å²) in [7, 11) is -2.33. The molecule has 2 aliphatic rings. The van der Waals surface area contributed by atoms with Gasteiger partial charge in [0.1, 0.15) is 5.75 Å². The third-order valence-electron chi connectivity index (χ3n) is 5.05. The van der Waals surface area contributed by atoms with Gasteiger partial charge in [-0.15, -0.1) is 0 Å². The number of nitrogens with one attached hydrogen (secondary N) is 1. The molecule has 0 atom stereocenters. The normalized spacial score (nSPS) is 18.7. The highest BCUT2D eigenvalue weighted by Gasteiger charge is 2.33. The lowest BCUT2D eigenvalue weighted by atomic mass is 10.0. The van der Waals surface area contributed by atoms with Crippen LogP contribution in [0.4, 0.5) is 5.69 Å². The van der Waals surface area contributed by atoms with Crippen molar-refractivity contribution in [1.29, 1.82) is 0 Å². The van der Waals surface area contributed by atoms with Crippen LogP contribution < -0.4 is 14.4 Å². The molecular formula is C19H26N2O5S2. The Bertz CT molecular complexity index is 819. The summed E-state index contributed by atoms with van der Waals surface area (Å²) in [6.45, 7) is 0.340. The summed E-state index contributed by atoms with van der Waals surface area (Å²) in [6.07, 6.45) is 6.46. The number of carbonyl (C=O) groups excluding carboxylic acids is 2. The van der Waals surface area contributed by atoms with Gasteiger partial charge < -0.3 is 4.74 Å². The summed E-state index contributed by atoms with van der Waals surface area (Å²) in [5.74, 6) is 0.301. The zero-order valence-corrected chi connectivity index (χ0v) is 17.6. The fourth-order valence-corrected chi connectivity index (χ4v) is 5.97. The minimum atomic E-state index is -3.74. The van der Waals surface area contributed by atoms with Gasteiger partial charge in [0.2, 0.25) is 21.8 Å². The second-order valence-corrected chi connectivity index (χ2v) is 10.2. The molecule has 9 heteroatoms. The van der Waals surface area contributed by atoms with E-state index in [0.29, 0.717) is 11.8 Å². The van der Waals surface area contributed by atoms with E-state index in [4.69, 9.17) is 4.74 Å². The summed E-state index contributed by atoms with van der Waals surface area (Å²) in [6, 6.07) is 4.22. The molecule has 1 aliphatic carbocycles. The molecule has 0 aromatic heterocycles. The van der Waals surface area contributed by atoms with Crippen LogP contribution in [-0.4, -0.2) is 44.9 Å². The van der Waals surface area contributed by atoms with Crippen LogP contribution in [0.25, 0.3) is 0 Å². The molecule has 28 heavy (non-hydrogen) atoms. The number of sulfonamides is 1. The van der Waals surface area contributed by atoms with Crippen LogP contribution in [0.2, 0.25) is 0 Å². The van der Waals surface area contributed by atoms with Gasteiger partial charge in [-0.3, -0.25) is 9.59 Å². The molecule has 7 nitrogen and oxygen atoms in total. The van der Waals surface area contributed by atoms with Gasteiger partial charge in [-0.25, -0.2) is 18.0 Å². The highest BCUT2D eigenvalue weighted by molar-refractivity contribution is 8.00. The molecule has 0 spiro atoms. The maximum absolute atomic E-state index is 12.7. The standard InChI is InChI=1S/C19H26N2O5S2/c1-26-17-8-7-15(13-16(17)21-18(22)9-10-19(21)23)28(24,25)20-11-12-27-14-5-3-2-4-6-14/h7-8,13-14,20H,2-6,9-12H2,1H3. The van der Waals surface area contributed by atoms with E-state index in [2.05, 4.69) is 4.72 Å². The molecule has 0 unspecified atom stereocenters. The van der Waals surface area contributed by atoms with Gasteiger partial charge in [-0.05, 0) is 31.0 Å². The maximum atomic E-state index is 12.7. The molecule has 1 heterocycles. The Morgan fingerprint density at radius 2 is 1.82 bits per heavy atom. The first-order valence-corrected chi connectivity index (χ1v) is 12.1. The molecule has 1 saturated carbocycles. The van der Waals surface area contributed by atoms with Gasteiger partial charge in [0, 0.05) is 30.4 Å². The van der Waals surface area contributed by atoms with E-state index in [1.165, 1.54) is 57.4 Å². The molecule has 1 aliphatic heterocycles. The zero-order valence-electron chi connectivity index (χ0n) is 16.0. The number of methoxy groups -OCH3 is 1.